The monoisotopic (exact) mass is 241 g/mol. The maximum absolute atomic E-state index is 11.7. The Labute approximate surface area is 105 Å². The molecule has 0 aromatic rings. The second-order valence-electron chi connectivity index (χ2n) is 5.51. The Morgan fingerprint density at radius 2 is 2.18 bits per heavy atom. The number of nitrogens with zero attached hydrogens (tertiary/aromatic N) is 1. The number of hydrogen-bond acceptors (Lipinski definition) is 3. The van der Waals surface area contributed by atoms with Gasteiger partial charge in [-0.25, -0.2) is 0 Å². The molecule has 0 aliphatic carbocycles. The van der Waals surface area contributed by atoms with Crippen molar-refractivity contribution in [1.82, 2.24) is 15.5 Å². The van der Waals surface area contributed by atoms with Crippen LogP contribution in [0.25, 0.3) is 0 Å². The Kier molecular flexibility index (Phi) is 5.92. The standard InChI is InChI=1S/C13H27N3O/c1-5-11-7-14-8-12(11)16(4)9-13(17)15-6-10(2)3/h10-12,14H,5-9H2,1-4H3,(H,15,17). The molecule has 100 valence electrons. The summed E-state index contributed by atoms with van der Waals surface area (Å²) in [7, 11) is 2.05. The molecule has 0 spiro atoms. The van der Waals surface area contributed by atoms with Crippen LogP contribution in [0.3, 0.4) is 0 Å². The van der Waals surface area contributed by atoms with E-state index >= 15 is 0 Å². The SMILES string of the molecule is CCC1CNCC1N(C)CC(=O)NCC(C)C. The van der Waals surface area contributed by atoms with Crippen molar-refractivity contribution >= 4 is 5.91 Å². The van der Waals surface area contributed by atoms with Crippen LogP contribution in [0, 0.1) is 11.8 Å². The lowest BCUT2D eigenvalue weighted by molar-refractivity contribution is -0.122. The van der Waals surface area contributed by atoms with E-state index in [1.54, 1.807) is 0 Å². The van der Waals surface area contributed by atoms with Gasteiger partial charge in [0.25, 0.3) is 0 Å². The largest absolute Gasteiger partial charge is 0.355 e. The van der Waals surface area contributed by atoms with Crippen molar-refractivity contribution < 1.29 is 4.79 Å². The lowest BCUT2D eigenvalue weighted by atomic mass is 10.00. The predicted octanol–water partition coefficient (Wildman–Crippen LogP) is 0.688. The third-order valence-electron chi connectivity index (χ3n) is 3.50. The number of hydrogen-bond donors (Lipinski definition) is 2. The minimum atomic E-state index is 0.142. The molecular weight excluding hydrogens is 214 g/mol. The van der Waals surface area contributed by atoms with Crippen LogP contribution in [-0.2, 0) is 4.79 Å². The third-order valence-corrected chi connectivity index (χ3v) is 3.50. The molecule has 1 heterocycles. The Balaban J connectivity index is 2.32. The Hall–Kier alpha value is -0.610. The zero-order chi connectivity index (χ0) is 12.8. The van der Waals surface area contributed by atoms with Crippen molar-refractivity contribution in [2.75, 3.05) is 33.2 Å². The summed E-state index contributed by atoms with van der Waals surface area (Å²) >= 11 is 0. The average molecular weight is 241 g/mol. The number of rotatable bonds is 6. The van der Waals surface area contributed by atoms with Crippen molar-refractivity contribution in [3.63, 3.8) is 0 Å². The van der Waals surface area contributed by atoms with E-state index in [-0.39, 0.29) is 5.91 Å². The van der Waals surface area contributed by atoms with Crippen LogP contribution in [0.2, 0.25) is 0 Å². The van der Waals surface area contributed by atoms with Crippen LogP contribution in [-0.4, -0.2) is 50.1 Å². The maximum Gasteiger partial charge on any atom is 0.234 e. The van der Waals surface area contributed by atoms with Gasteiger partial charge in [-0.3, -0.25) is 9.69 Å². The zero-order valence-corrected chi connectivity index (χ0v) is 11.6. The van der Waals surface area contributed by atoms with E-state index in [0.717, 1.165) is 19.6 Å². The molecule has 1 rings (SSSR count). The fourth-order valence-corrected chi connectivity index (χ4v) is 2.37. The smallest absolute Gasteiger partial charge is 0.234 e. The second kappa shape index (κ2) is 6.97. The van der Waals surface area contributed by atoms with Gasteiger partial charge < -0.3 is 10.6 Å². The molecule has 1 aliphatic heterocycles. The maximum atomic E-state index is 11.7. The topological polar surface area (TPSA) is 44.4 Å². The Bertz CT molecular complexity index is 243. The van der Waals surface area contributed by atoms with Crippen LogP contribution >= 0.6 is 0 Å². The van der Waals surface area contributed by atoms with E-state index in [2.05, 4.69) is 43.4 Å². The van der Waals surface area contributed by atoms with Gasteiger partial charge in [0, 0.05) is 19.1 Å². The fourth-order valence-electron chi connectivity index (χ4n) is 2.37. The van der Waals surface area contributed by atoms with Crippen molar-refractivity contribution in [2.45, 2.75) is 33.2 Å². The highest BCUT2D eigenvalue weighted by atomic mass is 16.2. The van der Waals surface area contributed by atoms with Gasteiger partial charge in [0.05, 0.1) is 6.54 Å². The Morgan fingerprint density at radius 1 is 1.47 bits per heavy atom. The molecule has 1 aliphatic rings. The van der Waals surface area contributed by atoms with Crippen molar-refractivity contribution in [3.05, 3.63) is 0 Å². The van der Waals surface area contributed by atoms with Gasteiger partial charge in [0.15, 0.2) is 0 Å². The summed E-state index contributed by atoms with van der Waals surface area (Å²) in [6, 6.07) is 0.504. The molecule has 0 aromatic heterocycles. The molecule has 1 saturated heterocycles. The van der Waals surface area contributed by atoms with Crippen LogP contribution < -0.4 is 10.6 Å². The lowest BCUT2D eigenvalue weighted by Crippen LogP contribution is -2.44. The van der Waals surface area contributed by atoms with E-state index in [1.165, 1.54) is 6.42 Å². The van der Waals surface area contributed by atoms with E-state index in [1.807, 2.05) is 0 Å². The number of likely N-dealkylation sites (N-methyl/N-ethyl adjacent to an activating group) is 1. The molecule has 2 N–H and O–H groups in total. The zero-order valence-electron chi connectivity index (χ0n) is 11.6. The lowest BCUT2D eigenvalue weighted by Gasteiger charge is -2.27. The summed E-state index contributed by atoms with van der Waals surface area (Å²) in [6.07, 6.45) is 1.18. The van der Waals surface area contributed by atoms with Crippen LogP contribution in [0.5, 0.6) is 0 Å². The molecule has 2 atom stereocenters. The molecule has 0 bridgehead atoms. The van der Waals surface area contributed by atoms with Gasteiger partial charge in [-0.2, -0.15) is 0 Å². The first-order valence-corrected chi connectivity index (χ1v) is 6.72. The van der Waals surface area contributed by atoms with Gasteiger partial charge >= 0.3 is 0 Å². The normalized spacial score (nSPS) is 24.6. The van der Waals surface area contributed by atoms with Gasteiger partial charge in [-0.1, -0.05) is 27.2 Å². The second-order valence-corrected chi connectivity index (χ2v) is 5.51. The van der Waals surface area contributed by atoms with Crippen molar-refractivity contribution in [1.29, 1.82) is 0 Å². The van der Waals surface area contributed by atoms with Crippen LogP contribution in [0.1, 0.15) is 27.2 Å². The molecule has 1 fully saturated rings. The molecule has 4 heteroatoms. The van der Waals surface area contributed by atoms with Crippen LogP contribution in [0.15, 0.2) is 0 Å². The molecule has 0 radical (unpaired) electrons. The average Bonchev–Trinajstić information content (AvgIpc) is 2.74. The van der Waals surface area contributed by atoms with Gasteiger partial charge in [0.1, 0.15) is 0 Å². The summed E-state index contributed by atoms with van der Waals surface area (Å²) in [5, 5.41) is 6.37. The molecule has 0 saturated carbocycles. The minimum absolute atomic E-state index is 0.142. The molecule has 0 aromatic carbocycles. The molecule has 2 unspecified atom stereocenters. The highest BCUT2D eigenvalue weighted by molar-refractivity contribution is 5.78. The summed E-state index contributed by atoms with van der Waals surface area (Å²) in [5.74, 6) is 1.33. The third kappa shape index (κ3) is 4.64. The van der Waals surface area contributed by atoms with Crippen LogP contribution in [0.4, 0.5) is 0 Å². The molecule has 4 nitrogen and oxygen atoms in total. The van der Waals surface area contributed by atoms with Gasteiger partial charge in [0.2, 0.25) is 5.91 Å². The van der Waals surface area contributed by atoms with E-state index in [9.17, 15) is 4.79 Å². The molecule has 1 amide bonds. The van der Waals surface area contributed by atoms with E-state index in [0.29, 0.717) is 24.4 Å². The number of amides is 1. The number of nitrogens with one attached hydrogen (secondary N) is 2. The quantitative estimate of drug-likeness (QED) is 0.719. The van der Waals surface area contributed by atoms with Crippen molar-refractivity contribution in [2.24, 2.45) is 11.8 Å². The first-order chi connectivity index (χ1) is 8.04. The highest BCUT2D eigenvalue weighted by Gasteiger charge is 2.29. The first kappa shape index (κ1) is 14.5. The first-order valence-electron chi connectivity index (χ1n) is 6.72. The number of carbonyl (C=O) groups excluding carboxylic acids is 1. The summed E-state index contributed by atoms with van der Waals surface area (Å²) in [5.41, 5.74) is 0. The summed E-state index contributed by atoms with van der Waals surface area (Å²) < 4.78 is 0. The van der Waals surface area contributed by atoms with E-state index < -0.39 is 0 Å². The van der Waals surface area contributed by atoms with Gasteiger partial charge in [-0.15, -0.1) is 0 Å². The molecule has 17 heavy (non-hydrogen) atoms. The Morgan fingerprint density at radius 3 is 2.76 bits per heavy atom. The van der Waals surface area contributed by atoms with E-state index in [4.69, 9.17) is 0 Å². The molecular formula is C13H27N3O. The predicted molar refractivity (Wildman–Crippen MR) is 70.9 cm³/mol. The minimum Gasteiger partial charge on any atom is -0.355 e. The van der Waals surface area contributed by atoms with Gasteiger partial charge in [-0.05, 0) is 25.4 Å². The number of carbonyl (C=O) groups is 1. The summed E-state index contributed by atoms with van der Waals surface area (Å²) in [4.78, 5) is 13.9. The van der Waals surface area contributed by atoms with Crippen molar-refractivity contribution in [3.8, 4) is 0 Å². The highest BCUT2D eigenvalue weighted by Crippen LogP contribution is 2.17. The fraction of sp³-hybridized carbons (Fsp3) is 0.923. The summed E-state index contributed by atoms with van der Waals surface area (Å²) in [6.45, 7) is 9.81.